The standard InChI is InChI=1S/C10H14OS/c1-2-9(11)5-3-6-10-7-4-8-12-10/h2,4,7-9,11H,1,3,5-6H2. The molecule has 66 valence electrons. The molecule has 1 N–H and O–H groups in total. The van der Waals surface area contributed by atoms with Crippen LogP contribution in [0.25, 0.3) is 0 Å². The minimum absolute atomic E-state index is 0.329. The molecule has 0 saturated heterocycles. The number of aliphatic hydroxyl groups excluding tert-OH is 1. The van der Waals surface area contributed by atoms with Crippen molar-refractivity contribution in [1.82, 2.24) is 0 Å². The molecule has 1 aromatic rings. The molecule has 2 heteroatoms. The van der Waals surface area contributed by atoms with E-state index in [0.717, 1.165) is 19.3 Å². The van der Waals surface area contributed by atoms with Crippen molar-refractivity contribution < 1.29 is 5.11 Å². The third-order valence-electron chi connectivity index (χ3n) is 1.78. The normalized spacial score (nSPS) is 12.8. The van der Waals surface area contributed by atoms with Gasteiger partial charge in [0.2, 0.25) is 0 Å². The predicted molar refractivity (Wildman–Crippen MR) is 53.5 cm³/mol. The number of aliphatic hydroxyl groups is 1. The van der Waals surface area contributed by atoms with E-state index in [-0.39, 0.29) is 6.10 Å². The van der Waals surface area contributed by atoms with Gasteiger partial charge in [-0.25, -0.2) is 0 Å². The van der Waals surface area contributed by atoms with Crippen LogP contribution in [-0.4, -0.2) is 11.2 Å². The van der Waals surface area contributed by atoms with Crippen LogP contribution in [0.3, 0.4) is 0 Å². The third kappa shape index (κ3) is 3.20. The Labute approximate surface area is 77.4 Å². The lowest BCUT2D eigenvalue weighted by Crippen LogP contribution is -2.01. The Balaban J connectivity index is 2.15. The second kappa shape index (κ2) is 5.12. The lowest BCUT2D eigenvalue weighted by molar-refractivity contribution is 0.210. The van der Waals surface area contributed by atoms with Crippen LogP contribution < -0.4 is 0 Å². The van der Waals surface area contributed by atoms with Crippen molar-refractivity contribution in [3.63, 3.8) is 0 Å². The molecule has 0 radical (unpaired) electrons. The summed E-state index contributed by atoms with van der Waals surface area (Å²) in [4.78, 5) is 1.39. The molecule has 0 spiro atoms. The fourth-order valence-electron chi connectivity index (χ4n) is 1.06. The summed E-state index contributed by atoms with van der Waals surface area (Å²) in [5.41, 5.74) is 0. The maximum atomic E-state index is 9.17. The molecule has 0 amide bonds. The van der Waals surface area contributed by atoms with Crippen LogP contribution in [0.5, 0.6) is 0 Å². The topological polar surface area (TPSA) is 20.2 Å². The molecule has 0 saturated carbocycles. The van der Waals surface area contributed by atoms with E-state index in [4.69, 9.17) is 0 Å². The van der Waals surface area contributed by atoms with Gasteiger partial charge in [0.25, 0.3) is 0 Å². The molecule has 1 heterocycles. The van der Waals surface area contributed by atoms with Gasteiger partial charge in [0, 0.05) is 4.88 Å². The molecule has 0 aromatic carbocycles. The first kappa shape index (κ1) is 9.49. The molecule has 1 rings (SSSR count). The van der Waals surface area contributed by atoms with Crippen molar-refractivity contribution in [3.05, 3.63) is 35.0 Å². The monoisotopic (exact) mass is 182 g/mol. The van der Waals surface area contributed by atoms with Crippen molar-refractivity contribution in [3.8, 4) is 0 Å². The van der Waals surface area contributed by atoms with Crippen molar-refractivity contribution >= 4 is 11.3 Å². The van der Waals surface area contributed by atoms with Gasteiger partial charge in [-0.05, 0) is 30.7 Å². The fourth-order valence-corrected chi connectivity index (χ4v) is 1.81. The smallest absolute Gasteiger partial charge is 0.0718 e. The Kier molecular flexibility index (Phi) is 4.05. The molecule has 1 atom stereocenters. The SMILES string of the molecule is C=CC(O)CCCc1cccs1. The molecule has 12 heavy (non-hydrogen) atoms. The minimum atomic E-state index is -0.329. The van der Waals surface area contributed by atoms with E-state index >= 15 is 0 Å². The first-order chi connectivity index (χ1) is 5.83. The number of aryl methyl sites for hydroxylation is 1. The Morgan fingerprint density at radius 2 is 2.50 bits per heavy atom. The van der Waals surface area contributed by atoms with E-state index < -0.39 is 0 Å². The van der Waals surface area contributed by atoms with E-state index in [2.05, 4.69) is 24.1 Å². The van der Waals surface area contributed by atoms with Gasteiger partial charge in [0.15, 0.2) is 0 Å². The zero-order valence-corrected chi connectivity index (χ0v) is 7.89. The molecular formula is C10H14OS. The van der Waals surface area contributed by atoms with Gasteiger partial charge in [-0.1, -0.05) is 12.1 Å². The Bertz CT molecular complexity index is 216. The summed E-state index contributed by atoms with van der Waals surface area (Å²) in [7, 11) is 0. The summed E-state index contributed by atoms with van der Waals surface area (Å²) in [5, 5.41) is 11.3. The van der Waals surface area contributed by atoms with E-state index in [0.29, 0.717) is 0 Å². The average molecular weight is 182 g/mol. The number of hydrogen-bond acceptors (Lipinski definition) is 2. The van der Waals surface area contributed by atoms with Crippen LogP contribution in [0, 0.1) is 0 Å². The van der Waals surface area contributed by atoms with Crippen molar-refractivity contribution in [2.24, 2.45) is 0 Å². The van der Waals surface area contributed by atoms with Gasteiger partial charge in [0.05, 0.1) is 6.10 Å². The molecule has 0 aliphatic rings. The highest BCUT2D eigenvalue weighted by atomic mass is 32.1. The predicted octanol–water partition coefficient (Wildman–Crippen LogP) is 2.62. The van der Waals surface area contributed by atoms with E-state index in [1.165, 1.54) is 4.88 Å². The zero-order valence-electron chi connectivity index (χ0n) is 7.07. The van der Waals surface area contributed by atoms with E-state index in [9.17, 15) is 5.11 Å². The van der Waals surface area contributed by atoms with Crippen LogP contribution in [0.1, 0.15) is 17.7 Å². The maximum Gasteiger partial charge on any atom is 0.0718 e. The largest absolute Gasteiger partial charge is 0.389 e. The van der Waals surface area contributed by atoms with Crippen LogP contribution in [0.4, 0.5) is 0 Å². The first-order valence-electron chi connectivity index (χ1n) is 4.16. The molecule has 0 bridgehead atoms. The van der Waals surface area contributed by atoms with Crippen molar-refractivity contribution in [1.29, 1.82) is 0 Å². The van der Waals surface area contributed by atoms with Gasteiger partial charge in [-0.15, -0.1) is 17.9 Å². The number of rotatable bonds is 5. The molecule has 1 unspecified atom stereocenters. The lowest BCUT2D eigenvalue weighted by Gasteiger charge is -2.02. The average Bonchev–Trinajstić information content (AvgIpc) is 2.57. The second-order valence-corrected chi connectivity index (χ2v) is 3.81. The summed E-state index contributed by atoms with van der Waals surface area (Å²) >= 11 is 1.77. The highest BCUT2D eigenvalue weighted by Gasteiger charge is 1.98. The Hall–Kier alpha value is -0.600. The first-order valence-corrected chi connectivity index (χ1v) is 5.04. The summed E-state index contributed by atoms with van der Waals surface area (Å²) < 4.78 is 0. The van der Waals surface area contributed by atoms with Crippen molar-refractivity contribution in [2.45, 2.75) is 25.4 Å². The molecular weight excluding hydrogens is 168 g/mol. The molecule has 1 nitrogen and oxygen atoms in total. The Morgan fingerprint density at radius 3 is 3.08 bits per heavy atom. The summed E-state index contributed by atoms with van der Waals surface area (Å²) in [6, 6.07) is 4.19. The van der Waals surface area contributed by atoms with Crippen LogP contribution in [-0.2, 0) is 6.42 Å². The number of thiophene rings is 1. The molecule has 1 aromatic heterocycles. The van der Waals surface area contributed by atoms with Gasteiger partial charge >= 0.3 is 0 Å². The minimum Gasteiger partial charge on any atom is -0.389 e. The van der Waals surface area contributed by atoms with Gasteiger partial charge in [-0.3, -0.25) is 0 Å². The summed E-state index contributed by atoms with van der Waals surface area (Å²) in [6.45, 7) is 3.53. The van der Waals surface area contributed by atoms with Gasteiger partial charge in [0.1, 0.15) is 0 Å². The highest BCUT2D eigenvalue weighted by molar-refractivity contribution is 7.09. The van der Waals surface area contributed by atoms with Crippen LogP contribution in [0.2, 0.25) is 0 Å². The van der Waals surface area contributed by atoms with Crippen molar-refractivity contribution in [2.75, 3.05) is 0 Å². The Morgan fingerprint density at radius 1 is 1.67 bits per heavy atom. The van der Waals surface area contributed by atoms with Gasteiger partial charge in [-0.2, -0.15) is 0 Å². The third-order valence-corrected chi connectivity index (χ3v) is 2.71. The molecule has 0 aliphatic carbocycles. The fraction of sp³-hybridized carbons (Fsp3) is 0.400. The van der Waals surface area contributed by atoms with Gasteiger partial charge < -0.3 is 5.11 Å². The van der Waals surface area contributed by atoms with Crippen LogP contribution >= 0.6 is 11.3 Å². The molecule has 0 aliphatic heterocycles. The lowest BCUT2D eigenvalue weighted by atomic mass is 10.1. The second-order valence-electron chi connectivity index (χ2n) is 2.77. The van der Waals surface area contributed by atoms with E-state index in [1.54, 1.807) is 17.4 Å². The highest BCUT2D eigenvalue weighted by Crippen LogP contribution is 2.12. The summed E-state index contributed by atoms with van der Waals surface area (Å²) in [6.07, 6.45) is 4.19. The molecule has 0 fully saturated rings. The maximum absolute atomic E-state index is 9.17. The quantitative estimate of drug-likeness (QED) is 0.694. The van der Waals surface area contributed by atoms with Crippen LogP contribution in [0.15, 0.2) is 30.2 Å². The summed E-state index contributed by atoms with van der Waals surface area (Å²) in [5.74, 6) is 0. The zero-order chi connectivity index (χ0) is 8.81. The number of hydrogen-bond donors (Lipinski definition) is 1. The van der Waals surface area contributed by atoms with E-state index in [1.807, 2.05) is 0 Å².